The zero-order valence-corrected chi connectivity index (χ0v) is 74.1. The van der Waals surface area contributed by atoms with Crippen molar-refractivity contribution in [3.05, 3.63) is 304 Å². The van der Waals surface area contributed by atoms with Gasteiger partial charge in [-0.05, 0) is 162 Å². The molecule has 0 spiro atoms. The highest BCUT2D eigenvalue weighted by Gasteiger charge is 2.28. The lowest BCUT2D eigenvalue weighted by atomic mass is 10.1. The van der Waals surface area contributed by atoms with Crippen LogP contribution in [0.5, 0.6) is 35.3 Å². The number of pyridine rings is 12. The number of halogens is 4. The minimum atomic E-state index is -4.31. The number of hydrogen-bond acceptors (Lipinski definition) is 28. The Morgan fingerprint density at radius 3 is 1.01 bits per heavy atom. The minimum Gasteiger partial charge on any atom is -0.481 e. The van der Waals surface area contributed by atoms with Crippen LogP contribution in [-0.4, -0.2) is 259 Å². The maximum Gasteiger partial charge on any atom is 0.422 e. The molecule has 0 aromatic carbocycles. The molecule has 32 heteroatoms. The van der Waals surface area contributed by atoms with Crippen molar-refractivity contribution >= 4 is 34.9 Å². The predicted octanol–water partition coefficient (Wildman–Crippen LogP) is 15.7. The largest absolute Gasteiger partial charge is 0.481 e. The maximum atomic E-state index is 11.6. The minimum absolute atomic E-state index is 0.0187. The molecule has 12 aromatic rings. The number of anilines is 4. The second-order valence-corrected chi connectivity index (χ2v) is 27.9. The fourth-order valence-electron chi connectivity index (χ4n) is 11.2. The third-order valence-corrected chi connectivity index (χ3v) is 17.7. The number of piperazine rings is 1. The molecule has 127 heavy (non-hydrogen) atoms. The van der Waals surface area contributed by atoms with E-state index in [1.165, 1.54) is 70.5 Å². The van der Waals surface area contributed by atoms with E-state index in [1.54, 1.807) is 94.1 Å². The zero-order chi connectivity index (χ0) is 90.2. The SMILES string of the molecule is CC(C)Oc1ccccn1.CN1CCN(c2ccccn2)CC1.COCCOc1ccccn1.COc1ccccn1.Clc1ccccn1.FC(F)(F)COc1ccccn1.OCCOc1ccccn1.c1ccc(N2CCCC2)nc1.c1ccc(N2CCCCC2)nc1.c1ccc(N2CCOCC2)nc1.c1ccc(OCCN2CCOCC2)nc1.c1ccncc1. The Labute approximate surface area is 751 Å². The number of methoxy groups -OCH3 is 2. The van der Waals surface area contributed by atoms with Gasteiger partial charge in [-0.15, -0.1) is 0 Å². The second-order valence-electron chi connectivity index (χ2n) is 27.6. The van der Waals surface area contributed by atoms with E-state index in [0.29, 0.717) is 61.0 Å². The first-order valence-corrected chi connectivity index (χ1v) is 42.6. The van der Waals surface area contributed by atoms with Crippen LogP contribution in [0.25, 0.3) is 0 Å². The van der Waals surface area contributed by atoms with E-state index in [0.717, 1.165) is 109 Å². The Kier molecular flexibility index (Phi) is 55.4. The van der Waals surface area contributed by atoms with Gasteiger partial charge < -0.3 is 72.2 Å². The highest BCUT2D eigenvalue weighted by molar-refractivity contribution is 6.29. The summed E-state index contributed by atoms with van der Waals surface area (Å²) in [5, 5.41) is 8.92. The van der Waals surface area contributed by atoms with Gasteiger partial charge in [-0.2, -0.15) is 13.2 Å². The third kappa shape index (κ3) is 51.6. The normalized spacial score (nSPS) is 13.7. The summed E-state index contributed by atoms with van der Waals surface area (Å²) >= 11 is 5.43. The van der Waals surface area contributed by atoms with Gasteiger partial charge >= 0.3 is 6.18 Å². The first-order chi connectivity index (χ1) is 62.3. The molecule has 0 aliphatic carbocycles. The van der Waals surface area contributed by atoms with Crippen molar-refractivity contribution in [1.29, 1.82) is 0 Å². The molecule has 0 unspecified atom stereocenters. The Balaban J connectivity index is 0.000000215. The number of aliphatic hydroxyl groups excluding tert-OH is 1. The summed E-state index contributed by atoms with van der Waals surface area (Å²) in [6.07, 6.45) is 25.0. The van der Waals surface area contributed by atoms with Crippen LogP contribution in [-0.2, 0) is 14.2 Å². The number of hydrogen-bond donors (Lipinski definition) is 1. The smallest absolute Gasteiger partial charge is 0.422 e. The fraction of sp³-hybridized carbons (Fsp3) is 0.368. The molecular formula is C95H122ClF3N18O10. The average Bonchev–Trinajstić information content (AvgIpc) is 1.66. The van der Waals surface area contributed by atoms with E-state index in [2.05, 4.69) is 125 Å². The summed E-state index contributed by atoms with van der Waals surface area (Å²) in [5.41, 5.74) is 0. The van der Waals surface area contributed by atoms with Gasteiger partial charge in [0.15, 0.2) is 6.61 Å². The van der Waals surface area contributed by atoms with E-state index in [1.807, 2.05) is 196 Å². The summed E-state index contributed by atoms with van der Waals surface area (Å²) in [6.45, 7) is 22.2. The Morgan fingerprint density at radius 2 is 0.693 bits per heavy atom. The van der Waals surface area contributed by atoms with Crippen molar-refractivity contribution in [2.75, 3.05) is 192 Å². The summed E-state index contributed by atoms with van der Waals surface area (Å²) in [5.74, 6) is 7.66. The molecule has 0 amide bonds. The summed E-state index contributed by atoms with van der Waals surface area (Å²) in [7, 11) is 5.40. The number of aliphatic hydroxyl groups is 1. The second kappa shape index (κ2) is 68.0. The molecule has 0 saturated carbocycles. The molecule has 5 saturated heterocycles. The van der Waals surface area contributed by atoms with E-state index in [4.69, 9.17) is 54.6 Å². The molecule has 680 valence electrons. The van der Waals surface area contributed by atoms with E-state index < -0.39 is 12.8 Å². The highest BCUT2D eigenvalue weighted by atomic mass is 35.5. The van der Waals surface area contributed by atoms with Crippen LogP contribution in [0.1, 0.15) is 46.0 Å². The first kappa shape index (κ1) is 103. The topological polar surface area (TPSA) is 277 Å². The van der Waals surface area contributed by atoms with Crippen molar-refractivity contribution in [1.82, 2.24) is 69.6 Å². The standard InChI is InChI=1S/C11H16N2O2.C10H15N3.C10H14N2.C9H12N2O.C9H12N2.C8H11NO2.C8H11NO.C7H6F3NO.C7H9NO2.C6H7NO.C5H4ClN.C5H5N/c1-2-4-12-11(3-1)15-10-7-13-5-8-14-9-6-13;1-12-6-8-13(9-7-12)10-4-2-3-5-11-10;1-4-8-12(9-5-1)10-6-2-3-7-11-10;1-2-4-10-9(3-1)11-5-7-12-8-6-11;1-2-6-10-9(5-1)11-7-3-4-8-11;1-10-6-7-11-8-4-2-3-5-9-8;1-7(2)10-8-5-3-4-6-9-8;8-7(9,10)5-12-6-3-1-2-4-11-6;9-5-6-10-7-3-1-2-4-8-7;1-8-6-4-2-3-5-7-6;6-5-3-1-2-4-7-5;1-2-4-6-5-3-1/h1-4H,5-10H2;2-5H,6-9H2,1H3;2-3,6-7H,1,4-5,8-9H2;1-4H,5-8H2;1-2,5-6H,3-4,7-8H2;2-5H,6-7H2,1H3;3-7H,1-2H3;1-4H,5H2;1-4,9H,5-6H2;2-5H,1H3;1-4H;1-5H. The van der Waals surface area contributed by atoms with Crippen LogP contribution < -0.4 is 48.0 Å². The molecule has 0 bridgehead atoms. The lowest BCUT2D eigenvalue weighted by Gasteiger charge is -2.33. The molecule has 12 aromatic heterocycles. The molecule has 5 fully saturated rings. The van der Waals surface area contributed by atoms with E-state index in [-0.39, 0.29) is 18.6 Å². The zero-order valence-electron chi connectivity index (χ0n) is 73.3. The van der Waals surface area contributed by atoms with Crippen molar-refractivity contribution in [2.24, 2.45) is 0 Å². The number of rotatable bonds is 20. The third-order valence-electron chi connectivity index (χ3n) is 17.5. The molecule has 28 nitrogen and oxygen atoms in total. The van der Waals surface area contributed by atoms with E-state index >= 15 is 0 Å². The highest BCUT2D eigenvalue weighted by Crippen LogP contribution is 2.20. The van der Waals surface area contributed by atoms with Crippen molar-refractivity contribution in [3.63, 3.8) is 0 Å². The van der Waals surface area contributed by atoms with Gasteiger partial charge in [0.1, 0.15) is 48.2 Å². The predicted molar refractivity (Wildman–Crippen MR) is 493 cm³/mol. The van der Waals surface area contributed by atoms with Gasteiger partial charge in [0, 0.05) is 209 Å². The molecule has 0 radical (unpaired) electrons. The number of likely N-dealkylation sites (N-methyl/N-ethyl adjacent to an activating group) is 1. The van der Waals surface area contributed by atoms with Crippen molar-refractivity contribution in [3.8, 4) is 35.3 Å². The first-order valence-electron chi connectivity index (χ1n) is 42.2. The monoisotopic (exact) mass is 1770 g/mol. The quantitative estimate of drug-likeness (QED) is 0.0548. The van der Waals surface area contributed by atoms with Gasteiger partial charge in [0.05, 0.1) is 52.9 Å². The van der Waals surface area contributed by atoms with Gasteiger partial charge in [-0.25, -0.2) is 54.8 Å². The maximum absolute atomic E-state index is 11.6. The fourth-order valence-corrected chi connectivity index (χ4v) is 11.3. The molecule has 5 aliphatic rings. The Hall–Kier alpha value is -12.4. The lowest BCUT2D eigenvalue weighted by Crippen LogP contribution is -2.44. The lowest BCUT2D eigenvalue weighted by molar-refractivity contribution is -0.154. The number of piperidine rings is 1. The molecule has 17 rings (SSSR count). The van der Waals surface area contributed by atoms with Gasteiger partial charge in [-0.3, -0.25) is 9.88 Å². The van der Waals surface area contributed by atoms with Crippen LogP contribution >= 0.6 is 11.6 Å². The Bertz CT molecular complexity index is 4350. The number of nitrogens with zero attached hydrogens (tertiary/aromatic N) is 18. The van der Waals surface area contributed by atoms with E-state index in [9.17, 15) is 13.2 Å². The number of aromatic nitrogens is 12. The van der Waals surface area contributed by atoms with Crippen LogP contribution in [0.4, 0.5) is 36.4 Å². The number of ether oxygens (including phenoxy) is 9. The summed E-state index contributed by atoms with van der Waals surface area (Å²) < 4.78 is 80.3. The molecule has 1 N–H and O–H groups in total. The van der Waals surface area contributed by atoms with Crippen LogP contribution in [0, 0.1) is 0 Å². The van der Waals surface area contributed by atoms with Crippen molar-refractivity contribution in [2.45, 2.75) is 58.2 Å². The molecule has 5 aliphatic heterocycles. The number of alkyl halides is 3. The molecule has 17 heterocycles. The van der Waals surface area contributed by atoms with Crippen LogP contribution in [0.15, 0.2) is 299 Å². The average molecular weight is 1770 g/mol. The van der Waals surface area contributed by atoms with Gasteiger partial charge in [0.2, 0.25) is 35.3 Å². The summed E-state index contributed by atoms with van der Waals surface area (Å²) in [6, 6.07) is 67.7. The van der Waals surface area contributed by atoms with Crippen LogP contribution in [0.2, 0.25) is 5.15 Å². The van der Waals surface area contributed by atoms with Crippen molar-refractivity contribution < 1.29 is 60.9 Å². The summed E-state index contributed by atoms with van der Waals surface area (Å²) in [4.78, 5) is 62.1. The van der Waals surface area contributed by atoms with Crippen LogP contribution in [0.3, 0.4) is 0 Å². The van der Waals surface area contributed by atoms with Gasteiger partial charge in [-0.1, -0.05) is 84.4 Å². The molecular weight excluding hydrogens is 1650 g/mol. The van der Waals surface area contributed by atoms with Gasteiger partial charge in [0.25, 0.3) is 0 Å². The Morgan fingerprint density at radius 1 is 0.354 bits per heavy atom. The number of morpholine rings is 2. The molecule has 0 atom stereocenters.